The monoisotopic (exact) mass is 391 g/mol. The first-order valence-corrected chi connectivity index (χ1v) is 7.59. The third-order valence-electron chi connectivity index (χ3n) is 3.10. The Balaban J connectivity index is 2.20. The molecule has 0 radical (unpaired) electrons. The van der Waals surface area contributed by atoms with Gasteiger partial charge in [0.25, 0.3) is 0 Å². The van der Waals surface area contributed by atoms with Crippen LogP contribution in [0.3, 0.4) is 0 Å². The van der Waals surface area contributed by atoms with E-state index in [0.29, 0.717) is 11.3 Å². The summed E-state index contributed by atoms with van der Waals surface area (Å²) in [6, 6.07) is 9.04. The summed E-state index contributed by atoms with van der Waals surface area (Å²) in [6.07, 6.45) is 2.82. The molecule has 0 aliphatic rings. The number of phenolic OH excluding ortho intramolecular Hbond substituents is 1. The van der Waals surface area contributed by atoms with Crippen molar-refractivity contribution in [1.82, 2.24) is 0 Å². The van der Waals surface area contributed by atoms with Crippen LogP contribution in [0.4, 0.5) is 5.69 Å². The summed E-state index contributed by atoms with van der Waals surface area (Å²) in [6.45, 7) is 0. The Morgan fingerprint density at radius 2 is 1.96 bits per heavy atom. The number of anilines is 1. The molecule has 0 heterocycles. The average Bonchev–Trinajstić information content (AvgIpc) is 2.54. The Bertz CT molecular complexity index is 817. The summed E-state index contributed by atoms with van der Waals surface area (Å²) in [5.74, 6) is -1.36. The van der Waals surface area contributed by atoms with Crippen LogP contribution in [0, 0.1) is 0 Å². The molecule has 24 heavy (non-hydrogen) atoms. The molecule has 0 saturated heterocycles. The Kier molecular flexibility index (Phi) is 5.59. The molecule has 0 spiro atoms. The number of carboxylic acids is 1. The van der Waals surface area contributed by atoms with Crippen molar-refractivity contribution in [3.05, 3.63) is 58.1 Å². The Labute approximate surface area is 146 Å². The summed E-state index contributed by atoms with van der Waals surface area (Å²) in [4.78, 5) is 23.2. The highest BCUT2D eigenvalue weighted by Crippen LogP contribution is 2.24. The number of carbonyl (C=O) groups is 2. The molecule has 6 nitrogen and oxygen atoms in total. The van der Waals surface area contributed by atoms with Crippen LogP contribution >= 0.6 is 15.9 Å². The van der Waals surface area contributed by atoms with Gasteiger partial charge in [0, 0.05) is 16.1 Å². The number of hydrogen-bond donors (Lipinski definition) is 3. The zero-order valence-corrected chi connectivity index (χ0v) is 14.2. The molecule has 0 aliphatic heterocycles. The number of aromatic hydroxyl groups is 1. The molecule has 0 saturated carbocycles. The second-order valence-corrected chi connectivity index (χ2v) is 5.66. The maximum absolute atomic E-state index is 12.0. The average molecular weight is 392 g/mol. The van der Waals surface area contributed by atoms with E-state index in [2.05, 4.69) is 21.2 Å². The molecule has 0 aliphatic carbocycles. The molecular formula is C17H14BrNO5. The molecule has 0 unspecified atom stereocenters. The highest BCUT2D eigenvalue weighted by Gasteiger charge is 2.12. The predicted molar refractivity (Wildman–Crippen MR) is 93.4 cm³/mol. The van der Waals surface area contributed by atoms with Crippen LogP contribution in [0.1, 0.15) is 15.9 Å². The Morgan fingerprint density at radius 3 is 2.62 bits per heavy atom. The fraction of sp³-hybridized carbons (Fsp3) is 0.0588. The van der Waals surface area contributed by atoms with Gasteiger partial charge in [-0.1, -0.05) is 15.9 Å². The van der Waals surface area contributed by atoms with Gasteiger partial charge in [-0.3, -0.25) is 4.79 Å². The van der Waals surface area contributed by atoms with E-state index in [9.17, 15) is 14.7 Å². The number of nitrogens with one attached hydrogen (secondary N) is 1. The topological polar surface area (TPSA) is 95.9 Å². The first-order valence-electron chi connectivity index (χ1n) is 6.79. The summed E-state index contributed by atoms with van der Waals surface area (Å²) >= 11 is 3.34. The third-order valence-corrected chi connectivity index (χ3v) is 3.59. The van der Waals surface area contributed by atoms with Crippen LogP contribution in [-0.4, -0.2) is 29.2 Å². The van der Waals surface area contributed by atoms with E-state index >= 15 is 0 Å². The van der Waals surface area contributed by atoms with Crippen molar-refractivity contribution in [2.24, 2.45) is 0 Å². The minimum absolute atomic E-state index is 0.0937. The lowest BCUT2D eigenvalue weighted by molar-refractivity contribution is -0.111. The van der Waals surface area contributed by atoms with Crippen molar-refractivity contribution in [1.29, 1.82) is 0 Å². The lowest BCUT2D eigenvalue weighted by atomic mass is 10.1. The van der Waals surface area contributed by atoms with Crippen LogP contribution < -0.4 is 10.1 Å². The van der Waals surface area contributed by atoms with Gasteiger partial charge >= 0.3 is 5.97 Å². The predicted octanol–water partition coefficient (Wildman–Crippen LogP) is 3.51. The molecule has 1 amide bonds. The molecule has 2 aromatic rings. The SMILES string of the molecule is COc1ccc(Br)cc1/C=C/C(=O)Nc1ccc(O)cc1C(=O)O. The number of phenols is 1. The number of carbonyl (C=O) groups excluding carboxylic acids is 1. The van der Waals surface area contributed by atoms with E-state index < -0.39 is 11.9 Å². The highest BCUT2D eigenvalue weighted by molar-refractivity contribution is 9.10. The lowest BCUT2D eigenvalue weighted by Gasteiger charge is -2.07. The number of ether oxygens (including phenoxy) is 1. The van der Waals surface area contributed by atoms with Crippen molar-refractivity contribution in [2.45, 2.75) is 0 Å². The minimum atomic E-state index is -1.25. The van der Waals surface area contributed by atoms with E-state index in [4.69, 9.17) is 9.84 Å². The van der Waals surface area contributed by atoms with Gasteiger partial charge in [-0.15, -0.1) is 0 Å². The standard InChI is InChI=1S/C17H14BrNO5/c1-24-15-6-3-11(18)8-10(15)2-7-16(21)19-14-5-4-12(20)9-13(14)17(22)23/h2-9,20H,1H3,(H,19,21)(H,22,23)/b7-2+. The van der Waals surface area contributed by atoms with Crippen LogP contribution in [0.5, 0.6) is 11.5 Å². The molecule has 0 bridgehead atoms. The molecule has 0 fully saturated rings. The zero-order valence-electron chi connectivity index (χ0n) is 12.6. The van der Waals surface area contributed by atoms with Gasteiger partial charge in [-0.25, -0.2) is 4.79 Å². The first kappa shape index (κ1) is 17.6. The van der Waals surface area contributed by atoms with Crippen LogP contribution in [0.25, 0.3) is 6.08 Å². The van der Waals surface area contributed by atoms with Gasteiger partial charge in [0.05, 0.1) is 18.4 Å². The second kappa shape index (κ2) is 7.65. The molecule has 124 valence electrons. The maximum Gasteiger partial charge on any atom is 0.337 e. The zero-order chi connectivity index (χ0) is 17.7. The van der Waals surface area contributed by atoms with Crippen molar-refractivity contribution in [3.8, 4) is 11.5 Å². The smallest absolute Gasteiger partial charge is 0.337 e. The fourth-order valence-electron chi connectivity index (χ4n) is 1.99. The van der Waals surface area contributed by atoms with Crippen molar-refractivity contribution >= 4 is 39.6 Å². The minimum Gasteiger partial charge on any atom is -0.508 e. The lowest BCUT2D eigenvalue weighted by Crippen LogP contribution is -2.11. The number of benzene rings is 2. The molecule has 3 N–H and O–H groups in total. The molecule has 2 rings (SSSR count). The summed E-state index contributed by atoms with van der Waals surface area (Å²) in [5.41, 5.74) is 0.583. The second-order valence-electron chi connectivity index (χ2n) is 4.74. The molecule has 7 heteroatoms. The quantitative estimate of drug-likeness (QED) is 0.535. The number of amides is 1. The highest BCUT2D eigenvalue weighted by atomic mass is 79.9. The van der Waals surface area contributed by atoms with Gasteiger partial charge < -0.3 is 20.3 Å². The van der Waals surface area contributed by atoms with Crippen molar-refractivity contribution in [3.63, 3.8) is 0 Å². The largest absolute Gasteiger partial charge is 0.508 e. The van der Waals surface area contributed by atoms with E-state index in [1.54, 1.807) is 18.2 Å². The summed E-state index contributed by atoms with van der Waals surface area (Å²) in [5, 5.41) is 20.9. The summed E-state index contributed by atoms with van der Waals surface area (Å²) in [7, 11) is 1.52. The van der Waals surface area contributed by atoms with Gasteiger partial charge in [0.2, 0.25) is 5.91 Å². The molecular weight excluding hydrogens is 378 g/mol. The molecule has 0 atom stereocenters. The number of aromatic carboxylic acids is 1. The number of hydrogen-bond acceptors (Lipinski definition) is 4. The number of methoxy groups -OCH3 is 1. The first-order chi connectivity index (χ1) is 11.4. The number of rotatable bonds is 5. The van der Waals surface area contributed by atoms with Crippen LogP contribution in [0.2, 0.25) is 0 Å². The number of carboxylic acid groups (broad SMARTS) is 1. The summed E-state index contributed by atoms with van der Waals surface area (Å²) < 4.78 is 6.03. The van der Waals surface area contributed by atoms with Crippen molar-refractivity contribution < 1.29 is 24.5 Å². The molecule has 2 aromatic carbocycles. The van der Waals surface area contributed by atoms with Crippen LogP contribution in [0.15, 0.2) is 46.9 Å². The van der Waals surface area contributed by atoms with E-state index in [1.807, 2.05) is 6.07 Å². The maximum atomic E-state index is 12.0. The van der Waals surface area contributed by atoms with E-state index in [0.717, 1.165) is 10.5 Å². The Hall–Kier alpha value is -2.80. The van der Waals surface area contributed by atoms with Gasteiger partial charge in [0.1, 0.15) is 11.5 Å². The van der Waals surface area contributed by atoms with Crippen molar-refractivity contribution in [2.75, 3.05) is 12.4 Å². The fourth-order valence-corrected chi connectivity index (χ4v) is 2.37. The van der Waals surface area contributed by atoms with E-state index in [1.165, 1.54) is 25.3 Å². The Morgan fingerprint density at radius 1 is 1.21 bits per heavy atom. The van der Waals surface area contributed by atoms with Gasteiger partial charge in [0.15, 0.2) is 0 Å². The molecule has 0 aromatic heterocycles. The van der Waals surface area contributed by atoms with Gasteiger partial charge in [-0.05, 0) is 42.5 Å². The van der Waals surface area contributed by atoms with Gasteiger partial charge in [-0.2, -0.15) is 0 Å². The third kappa shape index (κ3) is 4.36. The van der Waals surface area contributed by atoms with Crippen LogP contribution in [-0.2, 0) is 4.79 Å². The normalized spacial score (nSPS) is 10.6. The van der Waals surface area contributed by atoms with E-state index in [-0.39, 0.29) is 17.0 Å². The number of halogens is 1.